The summed E-state index contributed by atoms with van der Waals surface area (Å²) in [4.78, 5) is 6.96. The first-order chi connectivity index (χ1) is 10.5. The minimum absolute atomic E-state index is 0.480. The molecular weight excluding hydrogens is 270 g/mol. The van der Waals surface area contributed by atoms with Crippen molar-refractivity contribution in [2.24, 2.45) is 11.3 Å². The number of nitrogens with one attached hydrogen (secondary N) is 1. The van der Waals surface area contributed by atoms with E-state index in [2.05, 4.69) is 48.1 Å². The van der Waals surface area contributed by atoms with Gasteiger partial charge in [-0.15, -0.1) is 0 Å². The Morgan fingerprint density at radius 1 is 1.27 bits per heavy atom. The van der Waals surface area contributed by atoms with Crippen molar-refractivity contribution in [1.82, 2.24) is 10.3 Å². The van der Waals surface area contributed by atoms with Crippen LogP contribution in [0.2, 0.25) is 0 Å². The molecule has 1 saturated heterocycles. The third-order valence-electron chi connectivity index (χ3n) is 5.22. The highest BCUT2D eigenvalue weighted by molar-refractivity contribution is 5.41. The van der Waals surface area contributed by atoms with Crippen LogP contribution in [0, 0.1) is 11.3 Å². The minimum atomic E-state index is 0.480. The van der Waals surface area contributed by atoms with Gasteiger partial charge in [-0.05, 0) is 61.1 Å². The van der Waals surface area contributed by atoms with E-state index in [1.807, 2.05) is 6.20 Å². The van der Waals surface area contributed by atoms with E-state index in [4.69, 9.17) is 0 Å². The van der Waals surface area contributed by atoms with E-state index in [9.17, 15) is 0 Å². The Hall–Kier alpha value is -1.09. The molecule has 122 valence electrons. The molecule has 2 atom stereocenters. The number of aromatic nitrogens is 1. The Morgan fingerprint density at radius 2 is 2.05 bits per heavy atom. The standard InChI is InChI=1S/C19H31N3/c1-15-10-17(13-19(2,3)12-15)21-14-16-6-7-20-18(11-16)22-8-4-5-9-22/h6-7,11,15,17,21H,4-5,8-10,12-14H2,1-3H3. The Bertz CT molecular complexity index is 491. The summed E-state index contributed by atoms with van der Waals surface area (Å²) >= 11 is 0. The second kappa shape index (κ2) is 6.57. The van der Waals surface area contributed by atoms with Crippen LogP contribution in [0.5, 0.6) is 0 Å². The quantitative estimate of drug-likeness (QED) is 0.911. The van der Waals surface area contributed by atoms with Gasteiger partial charge in [0.05, 0.1) is 0 Å². The number of rotatable bonds is 4. The highest BCUT2D eigenvalue weighted by Crippen LogP contribution is 2.38. The van der Waals surface area contributed by atoms with E-state index in [-0.39, 0.29) is 0 Å². The maximum Gasteiger partial charge on any atom is 0.128 e. The molecule has 2 unspecified atom stereocenters. The second-order valence-corrected chi connectivity index (χ2v) is 8.21. The Morgan fingerprint density at radius 3 is 2.77 bits per heavy atom. The molecule has 1 aromatic heterocycles. The summed E-state index contributed by atoms with van der Waals surface area (Å²) in [5.41, 5.74) is 1.85. The van der Waals surface area contributed by atoms with Crippen LogP contribution < -0.4 is 10.2 Å². The Balaban J connectivity index is 1.58. The molecule has 1 aliphatic carbocycles. The second-order valence-electron chi connectivity index (χ2n) is 8.21. The van der Waals surface area contributed by atoms with Gasteiger partial charge in [-0.25, -0.2) is 4.98 Å². The zero-order valence-electron chi connectivity index (χ0n) is 14.4. The lowest BCUT2D eigenvalue weighted by molar-refractivity contribution is 0.151. The molecule has 1 aromatic rings. The highest BCUT2D eigenvalue weighted by atomic mass is 15.2. The summed E-state index contributed by atoms with van der Waals surface area (Å²) in [7, 11) is 0. The monoisotopic (exact) mass is 301 g/mol. The van der Waals surface area contributed by atoms with Gasteiger partial charge in [0.25, 0.3) is 0 Å². The van der Waals surface area contributed by atoms with Gasteiger partial charge in [-0.1, -0.05) is 20.8 Å². The summed E-state index contributed by atoms with van der Waals surface area (Å²) in [5, 5.41) is 3.80. The molecule has 0 aromatic carbocycles. The smallest absolute Gasteiger partial charge is 0.128 e. The molecule has 22 heavy (non-hydrogen) atoms. The van der Waals surface area contributed by atoms with Gasteiger partial charge in [-0.2, -0.15) is 0 Å². The Labute approximate surface area is 135 Å². The normalized spacial score (nSPS) is 28.0. The molecule has 0 bridgehead atoms. The van der Waals surface area contributed by atoms with E-state index >= 15 is 0 Å². The van der Waals surface area contributed by atoms with Crippen LogP contribution in [0.4, 0.5) is 5.82 Å². The van der Waals surface area contributed by atoms with Gasteiger partial charge in [0.1, 0.15) is 5.82 Å². The summed E-state index contributed by atoms with van der Waals surface area (Å²) in [6, 6.07) is 5.09. The molecule has 0 amide bonds. The number of hydrogen-bond acceptors (Lipinski definition) is 3. The maximum absolute atomic E-state index is 4.55. The Kier molecular flexibility index (Phi) is 4.72. The van der Waals surface area contributed by atoms with Gasteiger partial charge >= 0.3 is 0 Å². The molecule has 1 N–H and O–H groups in total. The van der Waals surface area contributed by atoms with Gasteiger partial charge < -0.3 is 10.2 Å². The van der Waals surface area contributed by atoms with Crippen molar-refractivity contribution in [2.45, 2.75) is 65.5 Å². The van der Waals surface area contributed by atoms with E-state index in [1.165, 1.54) is 37.7 Å². The summed E-state index contributed by atoms with van der Waals surface area (Å²) in [6.07, 6.45) is 8.55. The average Bonchev–Trinajstić information content (AvgIpc) is 2.97. The molecule has 0 radical (unpaired) electrons. The molecule has 2 aliphatic rings. The first-order valence-electron chi connectivity index (χ1n) is 8.95. The zero-order valence-corrected chi connectivity index (χ0v) is 14.4. The molecule has 2 heterocycles. The SMILES string of the molecule is CC1CC(NCc2ccnc(N3CCCC3)c2)CC(C)(C)C1. The predicted octanol–water partition coefficient (Wildman–Crippen LogP) is 3.99. The van der Waals surface area contributed by atoms with Gasteiger partial charge in [0.15, 0.2) is 0 Å². The summed E-state index contributed by atoms with van der Waals surface area (Å²) in [6.45, 7) is 10.5. The first-order valence-corrected chi connectivity index (χ1v) is 8.95. The largest absolute Gasteiger partial charge is 0.357 e. The average molecular weight is 301 g/mol. The molecule has 1 saturated carbocycles. The molecule has 0 spiro atoms. The van der Waals surface area contributed by atoms with E-state index in [1.54, 1.807) is 0 Å². The van der Waals surface area contributed by atoms with Gasteiger partial charge in [0.2, 0.25) is 0 Å². The maximum atomic E-state index is 4.55. The third kappa shape index (κ3) is 4.01. The van der Waals surface area contributed by atoms with Crippen LogP contribution in [0.3, 0.4) is 0 Å². The molecular formula is C19H31N3. The fourth-order valence-electron chi connectivity index (χ4n) is 4.45. The lowest BCUT2D eigenvalue weighted by atomic mass is 9.70. The van der Waals surface area contributed by atoms with Crippen LogP contribution in [-0.2, 0) is 6.54 Å². The van der Waals surface area contributed by atoms with Crippen LogP contribution in [0.1, 0.15) is 58.4 Å². The van der Waals surface area contributed by atoms with E-state index in [0.29, 0.717) is 11.5 Å². The van der Waals surface area contributed by atoms with Crippen molar-refractivity contribution in [3.63, 3.8) is 0 Å². The van der Waals surface area contributed by atoms with E-state index in [0.717, 1.165) is 31.4 Å². The molecule has 3 rings (SSSR count). The lowest BCUT2D eigenvalue weighted by Crippen LogP contribution is -2.39. The van der Waals surface area contributed by atoms with Gasteiger partial charge in [-0.3, -0.25) is 0 Å². The first kappa shape index (κ1) is 15.8. The van der Waals surface area contributed by atoms with Crippen molar-refractivity contribution in [3.8, 4) is 0 Å². The number of anilines is 1. The fourth-order valence-corrected chi connectivity index (χ4v) is 4.45. The van der Waals surface area contributed by atoms with Crippen LogP contribution in [-0.4, -0.2) is 24.1 Å². The number of hydrogen-bond donors (Lipinski definition) is 1. The molecule has 3 nitrogen and oxygen atoms in total. The zero-order chi connectivity index (χ0) is 15.6. The minimum Gasteiger partial charge on any atom is -0.357 e. The van der Waals surface area contributed by atoms with Crippen molar-refractivity contribution in [2.75, 3.05) is 18.0 Å². The number of pyridine rings is 1. The molecule has 2 fully saturated rings. The third-order valence-corrected chi connectivity index (χ3v) is 5.22. The van der Waals surface area contributed by atoms with Crippen molar-refractivity contribution in [1.29, 1.82) is 0 Å². The van der Waals surface area contributed by atoms with Crippen molar-refractivity contribution >= 4 is 5.82 Å². The van der Waals surface area contributed by atoms with Crippen molar-refractivity contribution < 1.29 is 0 Å². The topological polar surface area (TPSA) is 28.2 Å². The number of nitrogens with zero attached hydrogens (tertiary/aromatic N) is 2. The lowest BCUT2D eigenvalue weighted by Gasteiger charge is -2.39. The van der Waals surface area contributed by atoms with Crippen LogP contribution >= 0.6 is 0 Å². The molecule has 3 heteroatoms. The summed E-state index contributed by atoms with van der Waals surface area (Å²) in [5.74, 6) is 1.99. The van der Waals surface area contributed by atoms with Crippen LogP contribution in [0.25, 0.3) is 0 Å². The van der Waals surface area contributed by atoms with Crippen LogP contribution in [0.15, 0.2) is 18.3 Å². The van der Waals surface area contributed by atoms with E-state index < -0.39 is 0 Å². The van der Waals surface area contributed by atoms with Gasteiger partial charge in [0, 0.05) is 31.9 Å². The summed E-state index contributed by atoms with van der Waals surface area (Å²) < 4.78 is 0. The predicted molar refractivity (Wildman–Crippen MR) is 93.1 cm³/mol. The highest BCUT2D eigenvalue weighted by Gasteiger charge is 2.31. The fraction of sp³-hybridized carbons (Fsp3) is 0.737. The molecule has 1 aliphatic heterocycles. The van der Waals surface area contributed by atoms with Crippen molar-refractivity contribution in [3.05, 3.63) is 23.9 Å².